The van der Waals surface area contributed by atoms with Crippen LogP contribution in [-0.4, -0.2) is 16.2 Å². The molecule has 0 fully saturated rings. The molecule has 1 aliphatic rings. The zero-order chi connectivity index (χ0) is 22.9. The number of aryl methyl sites for hydroxylation is 3. The Kier molecular flexibility index (Phi) is 5.88. The molecular weight excluding hydrogens is 396 g/mol. The van der Waals surface area contributed by atoms with E-state index >= 15 is 0 Å². The first-order chi connectivity index (χ1) is 15.2. The molecule has 0 saturated heterocycles. The van der Waals surface area contributed by atoms with Crippen molar-refractivity contribution in [3.63, 3.8) is 0 Å². The summed E-state index contributed by atoms with van der Waals surface area (Å²) >= 11 is 0. The second-order valence-electron chi connectivity index (χ2n) is 9.46. The Bertz CT molecular complexity index is 1210. The average molecular weight is 427 g/mol. The minimum absolute atomic E-state index is 0.0143. The fraction of sp³-hybridized carbons (Fsp3) is 0.286. The number of rotatable bonds is 4. The van der Waals surface area contributed by atoms with Gasteiger partial charge in [-0.15, -0.1) is 0 Å². The summed E-state index contributed by atoms with van der Waals surface area (Å²) in [4.78, 5) is 17.6. The van der Waals surface area contributed by atoms with Gasteiger partial charge in [-0.25, -0.2) is 4.79 Å². The number of hydrogen-bond acceptors (Lipinski definition) is 3. The van der Waals surface area contributed by atoms with Crippen LogP contribution in [-0.2, 0) is 16.1 Å². The fourth-order valence-corrected chi connectivity index (χ4v) is 4.34. The Morgan fingerprint density at radius 3 is 2.47 bits per heavy atom. The van der Waals surface area contributed by atoms with Crippen LogP contribution in [0.4, 0.5) is 0 Å². The third kappa shape index (κ3) is 4.59. The molecule has 4 rings (SSSR count). The van der Waals surface area contributed by atoms with Gasteiger partial charge < -0.3 is 9.40 Å². The van der Waals surface area contributed by atoms with E-state index in [2.05, 4.69) is 68.6 Å². The van der Waals surface area contributed by atoms with Gasteiger partial charge in [-0.3, -0.25) is 0 Å². The Hall–Kier alpha value is -3.40. The summed E-state index contributed by atoms with van der Waals surface area (Å²) in [6.45, 7) is 10.9. The van der Waals surface area contributed by atoms with E-state index in [9.17, 15) is 4.79 Å². The van der Waals surface area contributed by atoms with Crippen LogP contribution >= 0.6 is 0 Å². The van der Waals surface area contributed by atoms with Crippen LogP contribution in [0.3, 0.4) is 0 Å². The van der Waals surface area contributed by atoms with Crippen molar-refractivity contribution in [3.05, 3.63) is 94.3 Å². The Morgan fingerprint density at radius 1 is 1.00 bits per heavy atom. The molecule has 0 bridgehead atoms. The summed E-state index contributed by atoms with van der Waals surface area (Å²) in [6, 6.07) is 18.4. The lowest BCUT2D eigenvalue weighted by Crippen LogP contribution is -2.28. The number of carbonyl (C=O) groups is 1. The highest BCUT2D eigenvalue weighted by Gasteiger charge is 2.33. The molecule has 164 valence electrons. The van der Waals surface area contributed by atoms with Gasteiger partial charge in [0.1, 0.15) is 0 Å². The Balaban J connectivity index is 1.65. The third-order valence-corrected chi connectivity index (χ3v) is 6.10. The molecule has 0 spiro atoms. The highest BCUT2D eigenvalue weighted by atomic mass is 16.7. The third-order valence-electron chi connectivity index (χ3n) is 6.10. The lowest BCUT2D eigenvalue weighted by Gasteiger charge is -2.31. The summed E-state index contributed by atoms with van der Waals surface area (Å²) in [5.74, 6) is -0.475. The maximum atomic E-state index is 12.3. The molecule has 0 aliphatic heterocycles. The molecule has 2 aromatic carbocycles. The minimum atomic E-state index is -0.475. The van der Waals surface area contributed by atoms with E-state index in [4.69, 9.17) is 4.84 Å². The van der Waals surface area contributed by atoms with Gasteiger partial charge in [0, 0.05) is 28.7 Å². The second-order valence-corrected chi connectivity index (χ2v) is 9.46. The molecule has 32 heavy (non-hydrogen) atoms. The Labute approximate surface area is 190 Å². The van der Waals surface area contributed by atoms with Gasteiger partial charge in [-0.2, -0.15) is 0 Å². The highest BCUT2D eigenvalue weighted by Crippen LogP contribution is 2.38. The van der Waals surface area contributed by atoms with Crippen LogP contribution < -0.4 is 0 Å². The summed E-state index contributed by atoms with van der Waals surface area (Å²) in [7, 11) is 0. The largest absolute Gasteiger partial charge is 0.358 e. The molecule has 0 N–H and O–H groups in total. The summed E-state index contributed by atoms with van der Waals surface area (Å²) in [5.41, 5.74) is 8.93. The molecule has 0 amide bonds. The second kappa shape index (κ2) is 8.62. The lowest BCUT2D eigenvalue weighted by molar-refractivity contribution is -0.137. The monoisotopic (exact) mass is 426 g/mol. The number of oxime groups is 1. The quantitative estimate of drug-likeness (QED) is 0.278. The highest BCUT2D eigenvalue weighted by molar-refractivity contribution is 6.03. The predicted octanol–water partition coefficient (Wildman–Crippen LogP) is 6.34. The molecule has 4 nitrogen and oxygen atoms in total. The van der Waals surface area contributed by atoms with Crippen LogP contribution in [0.2, 0.25) is 0 Å². The van der Waals surface area contributed by atoms with E-state index in [0.717, 1.165) is 41.1 Å². The standard InChI is InChI=1S/C28H30N2O2/c1-19-11-13-23(15-20(19)2)30-21(3)16-24-25(17-28(4,5)18-26(24)30)29-32-27(31)14-12-22-9-7-6-8-10-22/h6-16H,17-18H2,1-5H3/b14-12+,29-25+. The van der Waals surface area contributed by atoms with E-state index in [1.165, 1.54) is 22.9 Å². The number of hydrogen-bond donors (Lipinski definition) is 0. The van der Waals surface area contributed by atoms with Gasteiger partial charge in [0.2, 0.25) is 0 Å². The van der Waals surface area contributed by atoms with Gasteiger partial charge in [0.05, 0.1) is 5.71 Å². The van der Waals surface area contributed by atoms with Gasteiger partial charge in [0.15, 0.2) is 0 Å². The van der Waals surface area contributed by atoms with Crippen LogP contribution in [0, 0.1) is 26.2 Å². The molecule has 1 aliphatic carbocycles. The van der Waals surface area contributed by atoms with E-state index in [1.807, 2.05) is 30.3 Å². The molecular formula is C28H30N2O2. The first-order valence-electron chi connectivity index (χ1n) is 11.0. The van der Waals surface area contributed by atoms with E-state index in [-0.39, 0.29) is 5.41 Å². The van der Waals surface area contributed by atoms with Crippen LogP contribution in [0.15, 0.2) is 65.8 Å². The SMILES string of the molecule is Cc1ccc(-n2c(C)cc3c2CC(C)(C)C/C3=N\OC(=O)/C=C/c2ccccc2)cc1C. The number of nitrogens with zero attached hydrogens (tertiary/aromatic N) is 2. The van der Waals surface area contributed by atoms with E-state index in [1.54, 1.807) is 6.08 Å². The molecule has 0 atom stereocenters. The molecule has 0 unspecified atom stereocenters. The van der Waals surface area contributed by atoms with Gasteiger partial charge >= 0.3 is 5.97 Å². The van der Waals surface area contributed by atoms with Crippen molar-refractivity contribution in [2.45, 2.75) is 47.5 Å². The van der Waals surface area contributed by atoms with E-state index < -0.39 is 5.97 Å². The Morgan fingerprint density at radius 2 is 1.75 bits per heavy atom. The minimum Gasteiger partial charge on any atom is -0.318 e. The first-order valence-corrected chi connectivity index (χ1v) is 11.0. The maximum absolute atomic E-state index is 12.3. The number of benzene rings is 2. The number of fused-ring (bicyclic) bond motifs is 1. The topological polar surface area (TPSA) is 43.6 Å². The van der Waals surface area contributed by atoms with Crippen molar-refractivity contribution in [2.24, 2.45) is 10.6 Å². The van der Waals surface area contributed by atoms with Gasteiger partial charge in [0.25, 0.3) is 0 Å². The first kappa shape index (κ1) is 21.8. The smallest absolute Gasteiger partial charge is 0.318 e. The molecule has 0 saturated carbocycles. The number of carbonyl (C=O) groups excluding carboxylic acids is 1. The van der Waals surface area contributed by atoms with Crippen molar-refractivity contribution in [2.75, 3.05) is 0 Å². The zero-order valence-corrected chi connectivity index (χ0v) is 19.5. The molecule has 3 aromatic rings. The predicted molar refractivity (Wildman–Crippen MR) is 130 cm³/mol. The van der Waals surface area contributed by atoms with Crippen molar-refractivity contribution >= 4 is 17.8 Å². The summed E-state index contributed by atoms with van der Waals surface area (Å²) in [5, 5.41) is 4.31. The van der Waals surface area contributed by atoms with Crippen molar-refractivity contribution in [1.82, 2.24) is 4.57 Å². The normalized spacial score (nSPS) is 16.3. The summed E-state index contributed by atoms with van der Waals surface area (Å²) < 4.78 is 2.31. The van der Waals surface area contributed by atoms with Crippen molar-refractivity contribution < 1.29 is 9.63 Å². The zero-order valence-electron chi connectivity index (χ0n) is 19.5. The number of aromatic nitrogens is 1. The van der Waals surface area contributed by atoms with Crippen molar-refractivity contribution in [3.8, 4) is 5.69 Å². The molecule has 1 aromatic heterocycles. The lowest BCUT2D eigenvalue weighted by atomic mass is 9.76. The summed E-state index contributed by atoms with van der Waals surface area (Å²) in [6.07, 6.45) is 4.84. The fourth-order valence-electron chi connectivity index (χ4n) is 4.34. The van der Waals surface area contributed by atoms with Crippen molar-refractivity contribution in [1.29, 1.82) is 0 Å². The molecule has 4 heteroatoms. The van der Waals surface area contributed by atoms with Gasteiger partial charge in [-0.1, -0.05) is 55.4 Å². The van der Waals surface area contributed by atoms with Crippen LogP contribution in [0.5, 0.6) is 0 Å². The van der Waals surface area contributed by atoms with E-state index in [0.29, 0.717) is 0 Å². The van der Waals surface area contributed by atoms with Gasteiger partial charge in [-0.05, 0) is 80.0 Å². The van der Waals surface area contributed by atoms with Crippen LogP contribution in [0.1, 0.15) is 53.9 Å². The maximum Gasteiger partial charge on any atom is 0.358 e. The molecule has 0 radical (unpaired) electrons. The molecule has 1 heterocycles. The average Bonchev–Trinajstić information content (AvgIpc) is 3.08. The van der Waals surface area contributed by atoms with Crippen LogP contribution in [0.25, 0.3) is 11.8 Å².